The molecule has 0 fully saturated rings. The number of aliphatic hydroxyl groups is 4. The van der Waals surface area contributed by atoms with E-state index >= 15 is 0 Å². The van der Waals surface area contributed by atoms with E-state index < -0.39 is 43.0 Å². The van der Waals surface area contributed by atoms with E-state index in [1.807, 2.05) is 0 Å². The largest absolute Gasteiger partial charge is 0.506 e. The average molecular weight is 565 g/mol. The summed E-state index contributed by atoms with van der Waals surface area (Å²) in [7, 11) is 0. The molecule has 2 amide bonds. The molecule has 0 heterocycles. The number of halogens is 3. The van der Waals surface area contributed by atoms with Crippen LogP contribution in [0.15, 0.2) is 13.4 Å². The molecule has 12 heteroatoms. The molecule has 0 saturated carbocycles. The summed E-state index contributed by atoms with van der Waals surface area (Å²) in [5.74, 6) is -1.85. The van der Waals surface area contributed by atoms with E-state index in [0.717, 1.165) is 0 Å². The lowest BCUT2D eigenvalue weighted by Gasteiger charge is -2.17. The van der Waals surface area contributed by atoms with Crippen LogP contribution < -0.4 is 10.6 Å². The lowest BCUT2D eigenvalue weighted by Crippen LogP contribution is -2.36. The number of rotatable bonds is 8. The zero-order valence-corrected chi connectivity index (χ0v) is 17.9. The van der Waals surface area contributed by atoms with Gasteiger partial charge in [-0.3, -0.25) is 9.59 Å². The molecule has 1 aromatic rings. The topological polar surface area (TPSA) is 159 Å². The van der Waals surface area contributed by atoms with Gasteiger partial charge in [0.2, 0.25) is 0 Å². The van der Waals surface area contributed by atoms with Crippen LogP contribution in [-0.2, 0) is 0 Å². The van der Waals surface area contributed by atoms with Crippen molar-refractivity contribution in [1.29, 1.82) is 0 Å². The maximum absolute atomic E-state index is 12.4. The maximum Gasteiger partial charge on any atom is 0.253 e. The second-order valence-corrected chi connectivity index (χ2v) is 7.51. The first kappa shape index (κ1) is 23.3. The number of aliphatic hydroxyl groups excluding tert-OH is 4. The zero-order valence-electron chi connectivity index (χ0n) is 13.2. The molecule has 146 valence electrons. The van der Waals surface area contributed by atoms with Gasteiger partial charge in [0.15, 0.2) is 0 Å². The minimum Gasteiger partial charge on any atom is -0.506 e. The van der Waals surface area contributed by atoms with E-state index in [1.165, 1.54) is 0 Å². The van der Waals surface area contributed by atoms with Gasteiger partial charge in [-0.05, 0) is 47.8 Å². The van der Waals surface area contributed by atoms with Gasteiger partial charge in [-0.2, -0.15) is 0 Å². The van der Waals surface area contributed by atoms with Gasteiger partial charge in [-0.1, -0.05) is 0 Å². The number of hydrogen-bond acceptors (Lipinski definition) is 7. The Morgan fingerprint density at radius 1 is 0.808 bits per heavy atom. The number of carbonyl (C=O) groups excluding carboxylic acids is 2. The van der Waals surface area contributed by atoms with Crippen LogP contribution in [-0.4, -0.2) is 75.9 Å². The van der Waals surface area contributed by atoms with Crippen LogP contribution >= 0.6 is 47.8 Å². The fourth-order valence-electron chi connectivity index (χ4n) is 1.78. The van der Waals surface area contributed by atoms with Crippen molar-refractivity contribution in [3.05, 3.63) is 24.5 Å². The number of phenolic OH excluding ortho intramolecular Hbond substituents is 1. The highest BCUT2D eigenvalue weighted by Crippen LogP contribution is 2.43. The van der Waals surface area contributed by atoms with Crippen LogP contribution in [0.2, 0.25) is 0 Å². The van der Waals surface area contributed by atoms with Crippen molar-refractivity contribution in [2.45, 2.75) is 12.2 Å². The summed E-state index contributed by atoms with van der Waals surface area (Å²) >= 11 is 9.30. The quantitative estimate of drug-likeness (QED) is 0.231. The van der Waals surface area contributed by atoms with E-state index in [0.29, 0.717) is 0 Å². The summed E-state index contributed by atoms with van der Waals surface area (Å²) in [4.78, 5) is 24.7. The molecule has 0 radical (unpaired) electrons. The van der Waals surface area contributed by atoms with Crippen LogP contribution in [0.25, 0.3) is 0 Å². The van der Waals surface area contributed by atoms with Crippen molar-refractivity contribution >= 4 is 59.6 Å². The van der Waals surface area contributed by atoms with Gasteiger partial charge in [0, 0.05) is 17.6 Å². The third-order valence-corrected chi connectivity index (χ3v) is 5.50. The molecule has 7 N–H and O–H groups in total. The maximum atomic E-state index is 12.4. The molecule has 0 aromatic heterocycles. The van der Waals surface area contributed by atoms with Crippen LogP contribution in [0.5, 0.6) is 5.75 Å². The molecule has 0 bridgehead atoms. The summed E-state index contributed by atoms with van der Waals surface area (Å²) in [6, 6.07) is 0. The van der Waals surface area contributed by atoms with E-state index in [4.69, 9.17) is 10.2 Å². The highest BCUT2D eigenvalue weighted by Gasteiger charge is 2.28. The highest BCUT2D eigenvalue weighted by atomic mass is 79.9. The Hall–Kier alpha value is -0.760. The number of nitrogens with one attached hydrogen (secondary N) is 2. The number of hydrogen-bond donors (Lipinski definition) is 7. The van der Waals surface area contributed by atoms with Crippen LogP contribution in [0, 0.1) is 0 Å². The predicted molar refractivity (Wildman–Crippen MR) is 102 cm³/mol. The van der Waals surface area contributed by atoms with Gasteiger partial charge in [0.25, 0.3) is 11.8 Å². The number of amides is 2. The summed E-state index contributed by atoms with van der Waals surface area (Å²) in [6.07, 6.45) is -2.33. The summed E-state index contributed by atoms with van der Waals surface area (Å²) < 4.78 is 0.0411. The van der Waals surface area contributed by atoms with Gasteiger partial charge in [0.1, 0.15) is 5.75 Å². The molecule has 26 heavy (non-hydrogen) atoms. The first-order valence-corrected chi connectivity index (χ1v) is 9.57. The minimum absolute atomic E-state index is 0.000758. The molecule has 1 aromatic carbocycles. The average Bonchev–Trinajstić information content (AvgIpc) is 2.62. The zero-order chi connectivity index (χ0) is 20.0. The Bertz CT molecular complexity index is 634. The van der Waals surface area contributed by atoms with Gasteiger partial charge in [-0.25, -0.2) is 0 Å². The Balaban J connectivity index is 3.22. The third-order valence-electron chi connectivity index (χ3n) is 3.17. The summed E-state index contributed by atoms with van der Waals surface area (Å²) in [5.41, 5.74) is -0.215. The number of carbonyl (C=O) groups is 2. The number of aromatic hydroxyl groups is 1. The van der Waals surface area contributed by atoms with Crippen molar-refractivity contribution in [1.82, 2.24) is 10.6 Å². The molecular weight excluding hydrogens is 548 g/mol. The molecule has 0 aliphatic rings. The fourth-order valence-corrected chi connectivity index (χ4v) is 4.48. The first-order valence-electron chi connectivity index (χ1n) is 7.19. The Kier molecular flexibility index (Phi) is 9.44. The van der Waals surface area contributed by atoms with E-state index in [-0.39, 0.29) is 37.6 Å². The predicted octanol–water partition coefficient (Wildman–Crippen LogP) is -0.154. The molecule has 0 aliphatic heterocycles. The Morgan fingerprint density at radius 2 is 1.15 bits per heavy atom. The van der Waals surface area contributed by atoms with Gasteiger partial charge >= 0.3 is 0 Å². The van der Waals surface area contributed by atoms with Gasteiger partial charge < -0.3 is 36.2 Å². The molecule has 0 spiro atoms. The van der Waals surface area contributed by atoms with Crippen molar-refractivity contribution in [3.8, 4) is 5.75 Å². The molecule has 0 saturated heterocycles. The lowest BCUT2D eigenvalue weighted by molar-refractivity contribution is 0.0798. The lowest BCUT2D eigenvalue weighted by atomic mass is 10.1. The van der Waals surface area contributed by atoms with Gasteiger partial charge in [-0.15, -0.1) is 0 Å². The standard InChI is InChI=1S/C14H17Br3N2O7/c15-9-7(13(25)18-1-5(22)3-20)10(16)12(24)11(17)8(9)14(26)19-2-6(23)4-21/h5-6,20-24H,1-4H2,(H,18,25)(H,19,26). The molecule has 0 aliphatic carbocycles. The molecule has 2 unspecified atom stereocenters. The van der Waals surface area contributed by atoms with Crippen molar-refractivity contribution in [3.63, 3.8) is 0 Å². The minimum atomic E-state index is -1.16. The van der Waals surface area contributed by atoms with Crippen LogP contribution in [0.3, 0.4) is 0 Å². The molecule has 9 nitrogen and oxygen atoms in total. The monoisotopic (exact) mass is 562 g/mol. The fraction of sp³-hybridized carbons (Fsp3) is 0.429. The van der Waals surface area contributed by atoms with Crippen LogP contribution in [0.4, 0.5) is 0 Å². The molecule has 2 atom stereocenters. The highest BCUT2D eigenvalue weighted by molar-refractivity contribution is 9.11. The smallest absolute Gasteiger partial charge is 0.253 e. The second-order valence-electron chi connectivity index (χ2n) is 5.13. The molecular formula is C14H17Br3N2O7. The first-order chi connectivity index (χ1) is 12.1. The van der Waals surface area contributed by atoms with Crippen LogP contribution in [0.1, 0.15) is 20.7 Å². The van der Waals surface area contributed by atoms with Crippen molar-refractivity contribution < 1.29 is 35.1 Å². The summed E-state index contributed by atoms with van der Waals surface area (Å²) in [5, 5.41) is 51.1. The second kappa shape index (κ2) is 10.5. The van der Waals surface area contributed by atoms with E-state index in [9.17, 15) is 24.9 Å². The number of phenols is 1. The normalized spacial score (nSPS) is 13.2. The molecule has 1 rings (SSSR count). The van der Waals surface area contributed by atoms with Crippen molar-refractivity contribution in [2.75, 3.05) is 26.3 Å². The van der Waals surface area contributed by atoms with E-state index in [1.54, 1.807) is 0 Å². The van der Waals surface area contributed by atoms with Crippen molar-refractivity contribution in [2.24, 2.45) is 0 Å². The Labute approximate surface area is 173 Å². The van der Waals surface area contributed by atoms with E-state index in [2.05, 4.69) is 58.4 Å². The third kappa shape index (κ3) is 5.62. The SMILES string of the molecule is O=C(NCC(O)CO)c1c(Br)c(O)c(Br)c(C(=O)NCC(O)CO)c1Br. The van der Waals surface area contributed by atoms with Gasteiger partial charge in [0.05, 0.1) is 45.5 Å². The number of benzene rings is 1. The Morgan fingerprint density at radius 3 is 1.46 bits per heavy atom. The summed E-state index contributed by atoms with van der Waals surface area (Å²) in [6.45, 7) is -1.57.